The number of carbonyl (C=O) groups excluding carboxylic acids is 1. The summed E-state index contributed by atoms with van der Waals surface area (Å²) in [6.07, 6.45) is 0.742. The average molecular weight is 304 g/mol. The van der Waals surface area contributed by atoms with Gasteiger partial charge in [0.25, 0.3) is 5.91 Å². The number of alkyl halides is 1. The third kappa shape index (κ3) is 4.38. The first-order chi connectivity index (χ1) is 9.49. The number of aliphatic carboxylic acids is 1. The summed E-state index contributed by atoms with van der Waals surface area (Å²) >= 11 is 5.80. The summed E-state index contributed by atoms with van der Waals surface area (Å²) in [6.45, 7) is 1.10. The molecule has 7 heteroatoms. The van der Waals surface area contributed by atoms with Crippen LogP contribution in [0.3, 0.4) is 0 Å². The number of ether oxygens (including phenoxy) is 1. The van der Waals surface area contributed by atoms with Crippen molar-refractivity contribution in [3.63, 3.8) is 0 Å². The second-order valence-corrected chi connectivity index (χ2v) is 4.44. The molecule has 1 amide bonds. The number of amides is 1. The third-order valence-corrected chi connectivity index (χ3v) is 2.64. The highest BCUT2D eigenvalue weighted by molar-refractivity contribution is 6.31. The van der Waals surface area contributed by atoms with Crippen molar-refractivity contribution in [2.75, 3.05) is 13.3 Å². The van der Waals surface area contributed by atoms with Crippen LogP contribution in [0.25, 0.3) is 0 Å². The molecule has 0 heterocycles. The van der Waals surface area contributed by atoms with E-state index in [0.29, 0.717) is 11.6 Å². The van der Waals surface area contributed by atoms with Crippen LogP contribution in [0.5, 0.6) is 5.75 Å². The third-order valence-electron chi connectivity index (χ3n) is 2.41. The number of hydrogen-bond donors (Lipinski definition) is 2. The predicted octanol–water partition coefficient (Wildman–Crippen LogP) is 2.28. The summed E-state index contributed by atoms with van der Waals surface area (Å²) in [4.78, 5) is 22.7. The number of halogens is 2. The molecule has 1 unspecified atom stereocenters. The number of hydrogen-bond acceptors (Lipinski definition) is 3. The molecular weight excluding hydrogens is 289 g/mol. The van der Waals surface area contributed by atoms with Crippen LogP contribution in [-0.2, 0) is 4.79 Å². The Labute approximate surface area is 120 Å². The molecule has 0 aromatic heterocycles. The summed E-state index contributed by atoms with van der Waals surface area (Å²) in [5.74, 6) is -1.92. The zero-order valence-electron chi connectivity index (χ0n) is 10.9. The van der Waals surface area contributed by atoms with Gasteiger partial charge in [0.2, 0.25) is 0 Å². The summed E-state index contributed by atoms with van der Waals surface area (Å²) < 4.78 is 17.9. The van der Waals surface area contributed by atoms with E-state index in [-0.39, 0.29) is 11.3 Å². The molecule has 1 aromatic rings. The van der Waals surface area contributed by atoms with E-state index in [1.165, 1.54) is 12.1 Å². The first kappa shape index (κ1) is 16.2. The topological polar surface area (TPSA) is 75.6 Å². The number of benzene rings is 1. The Hall–Kier alpha value is -1.82. The maximum atomic E-state index is 12.5. The normalized spacial score (nSPS) is 11.8. The molecule has 1 atom stereocenters. The second kappa shape index (κ2) is 7.69. The van der Waals surface area contributed by atoms with Gasteiger partial charge in [0.05, 0.1) is 12.2 Å². The Morgan fingerprint density at radius 1 is 1.50 bits per heavy atom. The zero-order valence-corrected chi connectivity index (χ0v) is 11.6. The Morgan fingerprint density at radius 2 is 2.20 bits per heavy atom. The first-order valence-electron chi connectivity index (χ1n) is 6.01. The van der Waals surface area contributed by atoms with Crippen molar-refractivity contribution in [2.45, 2.75) is 19.4 Å². The fraction of sp³-hybridized carbons (Fsp3) is 0.385. The molecule has 0 aliphatic rings. The molecule has 0 spiro atoms. The molecule has 2 N–H and O–H groups in total. The number of nitrogens with one attached hydrogen (secondary N) is 1. The number of rotatable bonds is 7. The van der Waals surface area contributed by atoms with Crippen LogP contribution < -0.4 is 10.1 Å². The predicted molar refractivity (Wildman–Crippen MR) is 72.1 cm³/mol. The van der Waals surface area contributed by atoms with Gasteiger partial charge in [-0.05, 0) is 24.6 Å². The largest absolute Gasteiger partial charge is 0.493 e. The van der Waals surface area contributed by atoms with Gasteiger partial charge in [0, 0.05) is 5.02 Å². The molecule has 0 aliphatic heterocycles. The van der Waals surface area contributed by atoms with Gasteiger partial charge in [-0.3, -0.25) is 4.79 Å². The van der Waals surface area contributed by atoms with Crippen LogP contribution in [0.15, 0.2) is 18.2 Å². The number of carboxylic acid groups (broad SMARTS) is 1. The van der Waals surface area contributed by atoms with Crippen molar-refractivity contribution >= 4 is 23.5 Å². The molecule has 110 valence electrons. The highest BCUT2D eigenvalue weighted by atomic mass is 35.5. The second-order valence-electron chi connectivity index (χ2n) is 4.01. The van der Waals surface area contributed by atoms with Crippen molar-refractivity contribution in [1.82, 2.24) is 5.32 Å². The molecule has 0 radical (unpaired) electrons. The van der Waals surface area contributed by atoms with Gasteiger partial charge in [-0.1, -0.05) is 18.5 Å². The van der Waals surface area contributed by atoms with E-state index in [9.17, 15) is 14.0 Å². The van der Waals surface area contributed by atoms with E-state index in [1.54, 1.807) is 6.07 Å². The summed E-state index contributed by atoms with van der Waals surface area (Å²) in [7, 11) is 0. The van der Waals surface area contributed by atoms with Gasteiger partial charge in [-0.25, -0.2) is 9.18 Å². The minimum absolute atomic E-state index is 0.0747. The Morgan fingerprint density at radius 3 is 2.75 bits per heavy atom. The van der Waals surface area contributed by atoms with Crippen LogP contribution in [-0.4, -0.2) is 36.3 Å². The summed E-state index contributed by atoms with van der Waals surface area (Å²) in [5, 5.41) is 11.1. The van der Waals surface area contributed by atoms with Crippen LogP contribution in [0.4, 0.5) is 4.39 Å². The first-order valence-corrected chi connectivity index (χ1v) is 6.39. The highest BCUT2D eigenvalue weighted by Gasteiger charge is 2.22. The average Bonchev–Trinajstić information content (AvgIpc) is 2.42. The molecule has 5 nitrogen and oxygen atoms in total. The van der Waals surface area contributed by atoms with E-state index in [4.69, 9.17) is 21.4 Å². The van der Waals surface area contributed by atoms with Crippen LogP contribution >= 0.6 is 11.6 Å². The fourth-order valence-electron chi connectivity index (χ4n) is 1.42. The van der Waals surface area contributed by atoms with Crippen LogP contribution in [0, 0.1) is 0 Å². The minimum Gasteiger partial charge on any atom is -0.493 e. The fourth-order valence-corrected chi connectivity index (χ4v) is 1.59. The standard InChI is InChI=1S/C13H15ClFNO4/c1-2-5-20-11-4-3-8(14)6-9(11)12(17)16-10(7-15)13(18)19/h3-4,6,10H,2,5,7H2,1H3,(H,16,17)(H,18,19). The molecule has 1 rings (SSSR count). The molecule has 0 fully saturated rings. The summed E-state index contributed by atoms with van der Waals surface area (Å²) in [6, 6.07) is 2.81. The van der Waals surface area contributed by atoms with Crippen molar-refractivity contribution in [3.8, 4) is 5.75 Å². The summed E-state index contributed by atoms with van der Waals surface area (Å²) in [5.41, 5.74) is 0.0747. The van der Waals surface area contributed by atoms with Crippen molar-refractivity contribution in [1.29, 1.82) is 0 Å². The van der Waals surface area contributed by atoms with Crippen LogP contribution in [0.2, 0.25) is 5.02 Å². The van der Waals surface area contributed by atoms with E-state index < -0.39 is 24.6 Å². The van der Waals surface area contributed by atoms with Crippen molar-refractivity contribution in [2.24, 2.45) is 0 Å². The molecule has 0 aliphatic carbocycles. The lowest BCUT2D eigenvalue weighted by atomic mass is 10.1. The van der Waals surface area contributed by atoms with Crippen molar-refractivity contribution < 1.29 is 23.8 Å². The van der Waals surface area contributed by atoms with Gasteiger partial charge in [-0.15, -0.1) is 0 Å². The maximum absolute atomic E-state index is 12.5. The van der Waals surface area contributed by atoms with Crippen molar-refractivity contribution in [3.05, 3.63) is 28.8 Å². The lowest BCUT2D eigenvalue weighted by Gasteiger charge is -2.14. The number of carbonyl (C=O) groups is 2. The Bertz CT molecular complexity index is 495. The molecule has 0 saturated heterocycles. The van der Waals surface area contributed by atoms with E-state index in [2.05, 4.69) is 5.32 Å². The zero-order chi connectivity index (χ0) is 15.1. The van der Waals surface area contributed by atoms with Gasteiger partial charge in [-0.2, -0.15) is 0 Å². The minimum atomic E-state index is -1.60. The Balaban J connectivity index is 2.95. The maximum Gasteiger partial charge on any atom is 0.328 e. The van der Waals surface area contributed by atoms with Crippen LogP contribution in [0.1, 0.15) is 23.7 Å². The quantitative estimate of drug-likeness (QED) is 0.810. The lowest BCUT2D eigenvalue weighted by Crippen LogP contribution is -2.42. The highest BCUT2D eigenvalue weighted by Crippen LogP contribution is 2.23. The smallest absolute Gasteiger partial charge is 0.328 e. The van der Waals surface area contributed by atoms with E-state index in [1.807, 2.05) is 6.92 Å². The molecule has 20 heavy (non-hydrogen) atoms. The lowest BCUT2D eigenvalue weighted by molar-refractivity contribution is -0.139. The van der Waals surface area contributed by atoms with Gasteiger partial charge < -0.3 is 15.2 Å². The monoisotopic (exact) mass is 303 g/mol. The van der Waals surface area contributed by atoms with Gasteiger partial charge >= 0.3 is 5.97 Å². The van der Waals surface area contributed by atoms with Gasteiger partial charge in [0.1, 0.15) is 12.4 Å². The number of carboxylic acids is 1. The van der Waals surface area contributed by atoms with Gasteiger partial charge in [0.15, 0.2) is 6.04 Å². The van der Waals surface area contributed by atoms with E-state index >= 15 is 0 Å². The molecule has 1 aromatic carbocycles. The van der Waals surface area contributed by atoms with E-state index in [0.717, 1.165) is 6.42 Å². The molecular formula is C13H15ClFNO4. The SMILES string of the molecule is CCCOc1ccc(Cl)cc1C(=O)NC(CF)C(=O)O. The molecule has 0 saturated carbocycles. The Kier molecular flexibility index (Phi) is 6.24. The molecule has 0 bridgehead atoms.